The number of nitrogens with one attached hydrogen (secondary N) is 1. The summed E-state index contributed by atoms with van der Waals surface area (Å²) < 4.78 is 0. The molecule has 1 amide bonds. The topological polar surface area (TPSA) is 62.2 Å². The fourth-order valence-electron chi connectivity index (χ4n) is 1.92. The summed E-state index contributed by atoms with van der Waals surface area (Å²) in [4.78, 5) is 15.9. The van der Waals surface area contributed by atoms with E-state index in [2.05, 4.69) is 10.3 Å². The standard InChI is InChI=1S/C12H16N2O2/c1-9-5-10(7-13-6-9)11(16)14-12(8-15)3-2-4-12/h5-7,15H,2-4,8H2,1H3,(H,14,16). The molecule has 1 aliphatic carbocycles. The number of carbonyl (C=O) groups excluding carboxylic acids is 1. The van der Waals surface area contributed by atoms with E-state index in [1.807, 2.05) is 6.92 Å². The van der Waals surface area contributed by atoms with Crippen LogP contribution < -0.4 is 5.32 Å². The molecule has 0 radical (unpaired) electrons. The smallest absolute Gasteiger partial charge is 0.253 e. The van der Waals surface area contributed by atoms with Crippen LogP contribution in [0.25, 0.3) is 0 Å². The third-order valence-corrected chi connectivity index (χ3v) is 3.13. The van der Waals surface area contributed by atoms with Crippen molar-refractivity contribution in [1.29, 1.82) is 0 Å². The number of pyridine rings is 1. The molecule has 86 valence electrons. The third-order valence-electron chi connectivity index (χ3n) is 3.13. The quantitative estimate of drug-likeness (QED) is 0.800. The predicted molar refractivity (Wildman–Crippen MR) is 60.1 cm³/mol. The van der Waals surface area contributed by atoms with Gasteiger partial charge in [-0.1, -0.05) is 0 Å². The zero-order valence-electron chi connectivity index (χ0n) is 9.36. The van der Waals surface area contributed by atoms with Crippen LogP contribution in [0.3, 0.4) is 0 Å². The zero-order valence-corrected chi connectivity index (χ0v) is 9.36. The van der Waals surface area contributed by atoms with Crippen molar-refractivity contribution in [2.75, 3.05) is 6.61 Å². The van der Waals surface area contributed by atoms with Gasteiger partial charge in [-0.2, -0.15) is 0 Å². The molecule has 0 aromatic carbocycles. The molecule has 0 spiro atoms. The van der Waals surface area contributed by atoms with Gasteiger partial charge in [0.05, 0.1) is 17.7 Å². The lowest BCUT2D eigenvalue weighted by Gasteiger charge is -2.40. The Hall–Kier alpha value is -1.42. The molecule has 2 rings (SSSR count). The van der Waals surface area contributed by atoms with Crippen LogP contribution in [0.1, 0.15) is 35.2 Å². The largest absolute Gasteiger partial charge is 0.394 e. The van der Waals surface area contributed by atoms with Crippen molar-refractivity contribution >= 4 is 5.91 Å². The van der Waals surface area contributed by atoms with E-state index >= 15 is 0 Å². The van der Waals surface area contributed by atoms with Crippen molar-refractivity contribution in [2.24, 2.45) is 0 Å². The molecule has 0 saturated heterocycles. The zero-order chi connectivity index (χ0) is 11.6. The Balaban J connectivity index is 2.08. The Bertz CT molecular complexity index is 394. The lowest BCUT2D eigenvalue weighted by atomic mass is 9.77. The molecule has 1 heterocycles. The Morgan fingerprint density at radius 1 is 1.56 bits per heavy atom. The van der Waals surface area contributed by atoms with E-state index in [1.54, 1.807) is 18.5 Å². The number of rotatable bonds is 3. The van der Waals surface area contributed by atoms with Crippen LogP contribution in [0.5, 0.6) is 0 Å². The van der Waals surface area contributed by atoms with Crippen LogP contribution in [0.15, 0.2) is 18.5 Å². The van der Waals surface area contributed by atoms with Gasteiger partial charge in [0.1, 0.15) is 0 Å². The van der Waals surface area contributed by atoms with Gasteiger partial charge in [0.25, 0.3) is 5.91 Å². The molecule has 0 atom stereocenters. The number of aliphatic hydroxyl groups excluding tert-OH is 1. The monoisotopic (exact) mass is 220 g/mol. The van der Waals surface area contributed by atoms with E-state index in [-0.39, 0.29) is 18.1 Å². The van der Waals surface area contributed by atoms with Crippen LogP contribution in [-0.2, 0) is 0 Å². The molecule has 2 N–H and O–H groups in total. The molecule has 1 saturated carbocycles. The van der Waals surface area contributed by atoms with Gasteiger partial charge in [-0.3, -0.25) is 9.78 Å². The second-order valence-corrected chi connectivity index (χ2v) is 4.50. The lowest BCUT2D eigenvalue weighted by Crippen LogP contribution is -2.56. The maximum atomic E-state index is 11.9. The molecule has 0 aliphatic heterocycles. The highest BCUT2D eigenvalue weighted by atomic mass is 16.3. The number of aliphatic hydroxyl groups is 1. The minimum absolute atomic E-state index is 0.0119. The number of aryl methyl sites for hydroxylation is 1. The molecule has 4 nitrogen and oxygen atoms in total. The van der Waals surface area contributed by atoms with Crippen LogP contribution in [0.4, 0.5) is 0 Å². The molecular weight excluding hydrogens is 204 g/mol. The molecule has 16 heavy (non-hydrogen) atoms. The van der Waals surface area contributed by atoms with Crippen molar-refractivity contribution in [3.05, 3.63) is 29.6 Å². The van der Waals surface area contributed by atoms with Gasteiger partial charge in [-0.15, -0.1) is 0 Å². The Morgan fingerprint density at radius 2 is 2.31 bits per heavy atom. The SMILES string of the molecule is Cc1cncc(C(=O)NC2(CO)CCC2)c1. The van der Waals surface area contributed by atoms with Gasteiger partial charge < -0.3 is 10.4 Å². The highest BCUT2D eigenvalue weighted by molar-refractivity contribution is 5.94. The average Bonchev–Trinajstić information content (AvgIpc) is 2.23. The van der Waals surface area contributed by atoms with Crippen LogP contribution >= 0.6 is 0 Å². The predicted octanol–water partition coefficient (Wildman–Crippen LogP) is 1.03. The van der Waals surface area contributed by atoms with Crippen LogP contribution in [-0.4, -0.2) is 28.1 Å². The molecular formula is C12H16N2O2. The molecule has 0 unspecified atom stereocenters. The number of nitrogens with zero attached hydrogens (tertiary/aromatic N) is 1. The first-order valence-corrected chi connectivity index (χ1v) is 5.50. The van der Waals surface area contributed by atoms with Crippen molar-refractivity contribution in [3.8, 4) is 0 Å². The first-order chi connectivity index (χ1) is 7.65. The second-order valence-electron chi connectivity index (χ2n) is 4.50. The summed E-state index contributed by atoms with van der Waals surface area (Å²) >= 11 is 0. The van der Waals surface area contributed by atoms with Crippen LogP contribution in [0, 0.1) is 6.92 Å². The summed E-state index contributed by atoms with van der Waals surface area (Å²) in [6.45, 7) is 1.91. The molecule has 4 heteroatoms. The molecule has 1 aromatic heterocycles. The number of amides is 1. The Kier molecular flexibility index (Phi) is 2.92. The number of carbonyl (C=O) groups is 1. The number of hydrogen-bond donors (Lipinski definition) is 2. The molecule has 1 fully saturated rings. The normalized spacial score (nSPS) is 17.6. The second kappa shape index (κ2) is 4.22. The first-order valence-electron chi connectivity index (χ1n) is 5.50. The summed E-state index contributed by atoms with van der Waals surface area (Å²) in [7, 11) is 0. The van der Waals surface area contributed by atoms with Gasteiger partial charge in [0.2, 0.25) is 0 Å². The van der Waals surface area contributed by atoms with Gasteiger partial charge in [0, 0.05) is 12.4 Å². The van der Waals surface area contributed by atoms with Crippen molar-refractivity contribution in [3.63, 3.8) is 0 Å². The van der Waals surface area contributed by atoms with E-state index < -0.39 is 0 Å². The third kappa shape index (κ3) is 2.07. The van der Waals surface area contributed by atoms with Crippen molar-refractivity contribution in [1.82, 2.24) is 10.3 Å². The minimum atomic E-state index is -0.388. The van der Waals surface area contributed by atoms with Gasteiger partial charge >= 0.3 is 0 Å². The summed E-state index contributed by atoms with van der Waals surface area (Å²) in [5.41, 5.74) is 1.12. The highest BCUT2D eigenvalue weighted by Gasteiger charge is 2.37. The minimum Gasteiger partial charge on any atom is -0.394 e. The van der Waals surface area contributed by atoms with Crippen molar-refractivity contribution < 1.29 is 9.90 Å². The maximum Gasteiger partial charge on any atom is 0.253 e. The van der Waals surface area contributed by atoms with Gasteiger partial charge in [0.15, 0.2) is 0 Å². The summed E-state index contributed by atoms with van der Waals surface area (Å²) in [6, 6.07) is 1.80. The average molecular weight is 220 g/mol. The fourth-order valence-corrected chi connectivity index (χ4v) is 1.92. The number of aromatic nitrogens is 1. The lowest BCUT2D eigenvalue weighted by molar-refractivity contribution is 0.0641. The molecule has 1 aliphatic rings. The van der Waals surface area contributed by atoms with Crippen LogP contribution in [0.2, 0.25) is 0 Å². The van der Waals surface area contributed by atoms with Gasteiger partial charge in [-0.25, -0.2) is 0 Å². The van der Waals surface area contributed by atoms with Gasteiger partial charge in [-0.05, 0) is 37.8 Å². The Labute approximate surface area is 94.7 Å². The highest BCUT2D eigenvalue weighted by Crippen LogP contribution is 2.31. The molecule has 1 aromatic rings. The first kappa shape index (κ1) is 11.1. The summed E-state index contributed by atoms with van der Waals surface area (Å²) in [5, 5.41) is 12.2. The van der Waals surface area contributed by atoms with E-state index in [0.717, 1.165) is 24.8 Å². The van der Waals surface area contributed by atoms with E-state index in [0.29, 0.717) is 5.56 Å². The van der Waals surface area contributed by atoms with E-state index in [1.165, 1.54) is 0 Å². The summed E-state index contributed by atoms with van der Waals surface area (Å²) in [6.07, 6.45) is 6.03. The Morgan fingerprint density at radius 3 is 2.81 bits per heavy atom. The fraction of sp³-hybridized carbons (Fsp3) is 0.500. The van der Waals surface area contributed by atoms with Crippen molar-refractivity contribution in [2.45, 2.75) is 31.7 Å². The van der Waals surface area contributed by atoms with E-state index in [9.17, 15) is 9.90 Å². The maximum absolute atomic E-state index is 11.9. The summed E-state index contributed by atoms with van der Waals surface area (Å²) in [5.74, 6) is -0.148. The number of hydrogen-bond acceptors (Lipinski definition) is 3. The molecule has 0 bridgehead atoms. The van der Waals surface area contributed by atoms with E-state index in [4.69, 9.17) is 0 Å².